The summed E-state index contributed by atoms with van der Waals surface area (Å²) in [6.45, 7) is 5.83. The Morgan fingerprint density at radius 1 is 1.16 bits per heavy atom. The van der Waals surface area contributed by atoms with Crippen molar-refractivity contribution in [3.63, 3.8) is 0 Å². The molecule has 0 radical (unpaired) electrons. The minimum absolute atomic E-state index is 0.303. The van der Waals surface area contributed by atoms with Crippen LogP contribution in [0.5, 0.6) is 0 Å². The number of anilines is 1. The van der Waals surface area contributed by atoms with Crippen molar-refractivity contribution in [2.75, 3.05) is 5.73 Å². The van der Waals surface area contributed by atoms with Gasteiger partial charge < -0.3 is 5.73 Å². The average molecular weight is 300 g/mol. The van der Waals surface area contributed by atoms with Gasteiger partial charge in [-0.15, -0.1) is 0 Å². The molecule has 0 atom stereocenters. The number of hydrogen-bond donors (Lipinski definition) is 2. The molecule has 1 aromatic carbocycles. The van der Waals surface area contributed by atoms with Crippen LogP contribution >= 0.6 is 23.2 Å². The van der Waals surface area contributed by atoms with Gasteiger partial charge in [-0.25, -0.2) is 0 Å². The zero-order valence-electron chi connectivity index (χ0n) is 10.9. The number of aromatic nitrogens is 2. The van der Waals surface area contributed by atoms with E-state index in [0.29, 0.717) is 27.0 Å². The quantitative estimate of drug-likeness (QED) is 0.846. The summed E-state index contributed by atoms with van der Waals surface area (Å²) < 4.78 is 1.62. The van der Waals surface area contributed by atoms with E-state index in [4.69, 9.17) is 28.9 Å². The maximum absolute atomic E-state index is 12.1. The molecule has 0 amide bonds. The topological polar surface area (TPSA) is 63.8 Å². The van der Waals surface area contributed by atoms with Crippen LogP contribution in [0.1, 0.15) is 20.8 Å². The van der Waals surface area contributed by atoms with Crippen molar-refractivity contribution in [2.24, 2.45) is 0 Å². The lowest BCUT2D eigenvalue weighted by atomic mass is 10.1. The van der Waals surface area contributed by atoms with Gasteiger partial charge in [0.2, 0.25) is 0 Å². The summed E-state index contributed by atoms with van der Waals surface area (Å²) in [5.41, 5.74) is 6.21. The molecule has 3 N–H and O–H groups in total. The number of rotatable bonds is 1. The molecule has 0 bridgehead atoms. The maximum atomic E-state index is 12.1. The normalized spacial score (nSPS) is 11.8. The summed E-state index contributed by atoms with van der Waals surface area (Å²) in [4.78, 5) is 12.1. The Bertz CT molecular complexity index is 660. The SMILES string of the molecule is CC(C)(C)n1[nH]c(=O)c(-c2c(Cl)cccc2Cl)c1N. The van der Waals surface area contributed by atoms with E-state index in [-0.39, 0.29) is 11.1 Å². The number of nitrogen functional groups attached to an aromatic ring is 1. The highest BCUT2D eigenvalue weighted by Gasteiger charge is 2.24. The van der Waals surface area contributed by atoms with E-state index in [2.05, 4.69) is 5.10 Å². The minimum atomic E-state index is -0.338. The Labute approximate surface area is 121 Å². The van der Waals surface area contributed by atoms with Crippen LogP contribution in [0.25, 0.3) is 11.1 Å². The molecule has 0 saturated heterocycles. The van der Waals surface area contributed by atoms with Crippen LogP contribution in [0.15, 0.2) is 23.0 Å². The zero-order chi connectivity index (χ0) is 14.4. The van der Waals surface area contributed by atoms with Crippen molar-refractivity contribution >= 4 is 29.0 Å². The molecule has 0 aliphatic rings. The summed E-state index contributed by atoms with van der Waals surface area (Å²) in [7, 11) is 0. The first-order valence-electron chi connectivity index (χ1n) is 5.79. The van der Waals surface area contributed by atoms with Crippen LogP contribution in [0, 0.1) is 0 Å². The highest BCUT2D eigenvalue weighted by Crippen LogP contribution is 2.36. The van der Waals surface area contributed by atoms with Gasteiger partial charge in [0, 0.05) is 5.56 Å². The molecule has 19 heavy (non-hydrogen) atoms. The summed E-state index contributed by atoms with van der Waals surface area (Å²) in [5, 5.41) is 3.52. The molecule has 0 aliphatic carbocycles. The van der Waals surface area contributed by atoms with Crippen molar-refractivity contribution in [3.8, 4) is 11.1 Å². The molecule has 6 heteroatoms. The molecule has 102 valence electrons. The van der Waals surface area contributed by atoms with E-state index in [0.717, 1.165) is 0 Å². The monoisotopic (exact) mass is 299 g/mol. The predicted molar refractivity (Wildman–Crippen MR) is 79.9 cm³/mol. The van der Waals surface area contributed by atoms with Gasteiger partial charge in [-0.05, 0) is 32.9 Å². The fraction of sp³-hybridized carbons (Fsp3) is 0.308. The van der Waals surface area contributed by atoms with E-state index in [1.54, 1.807) is 22.9 Å². The first kappa shape index (κ1) is 14.0. The van der Waals surface area contributed by atoms with Gasteiger partial charge in [-0.3, -0.25) is 14.6 Å². The molecule has 0 spiro atoms. The van der Waals surface area contributed by atoms with Gasteiger partial charge in [-0.2, -0.15) is 0 Å². The fourth-order valence-electron chi connectivity index (χ4n) is 1.95. The maximum Gasteiger partial charge on any atom is 0.274 e. The summed E-state index contributed by atoms with van der Waals surface area (Å²) in [6, 6.07) is 5.07. The number of nitrogens with one attached hydrogen (secondary N) is 1. The van der Waals surface area contributed by atoms with Gasteiger partial charge in [0.15, 0.2) is 0 Å². The number of halogens is 2. The summed E-state index contributed by atoms with van der Waals surface area (Å²) in [6.07, 6.45) is 0. The number of aromatic amines is 1. The number of hydrogen-bond acceptors (Lipinski definition) is 2. The molecule has 0 fully saturated rings. The molecule has 2 aromatic rings. The third kappa shape index (κ3) is 2.38. The first-order valence-corrected chi connectivity index (χ1v) is 6.54. The van der Waals surface area contributed by atoms with Gasteiger partial charge in [-0.1, -0.05) is 29.3 Å². The van der Waals surface area contributed by atoms with Crippen molar-refractivity contribution in [1.82, 2.24) is 9.78 Å². The zero-order valence-corrected chi connectivity index (χ0v) is 12.4. The van der Waals surface area contributed by atoms with E-state index >= 15 is 0 Å². The molecule has 0 aliphatic heterocycles. The van der Waals surface area contributed by atoms with Gasteiger partial charge in [0.1, 0.15) is 5.82 Å². The Balaban J connectivity index is 2.79. The lowest BCUT2D eigenvalue weighted by Crippen LogP contribution is -2.25. The predicted octanol–water partition coefficient (Wildman–Crippen LogP) is 3.49. The number of nitrogens with two attached hydrogens (primary N) is 1. The first-order chi connectivity index (χ1) is 8.73. The molecule has 2 rings (SSSR count). The third-order valence-corrected chi connectivity index (χ3v) is 3.45. The lowest BCUT2D eigenvalue weighted by Gasteiger charge is -2.22. The number of nitrogens with zero attached hydrogens (tertiary/aromatic N) is 1. The number of H-pyrrole nitrogens is 1. The largest absolute Gasteiger partial charge is 0.383 e. The van der Waals surface area contributed by atoms with Gasteiger partial charge in [0.05, 0.1) is 21.1 Å². The molecule has 4 nitrogen and oxygen atoms in total. The second kappa shape index (κ2) is 4.62. The Hall–Kier alpha value is -1.39. The second-order valence-electron chi connectivity index (χ2n) is 5.30. The number of benzene rings is 1. The van der Waals surface area contributed by atoms with E-state index < -0.39 is 0 Å². The van der Waals surface area contributed by atoms with Crippen molar-refractivity contribution < 1.29 is 0 Å². The van der Waals surface area contributed by atoms with Crippen molar-refractivity contribution in [2.45, 2.75) is 26.3 Å². The average Bonchev–Trinajstić information content (AvgIpc) is 2.56. The van der Waals surface area contributed by atoms with E-state index in [9.17, 15) is 4.79 Å². The van der Waals surface area contributed by atoms with Gasteiger partial charge >= 0.3 is 0 Å². The Kier molecular flexibility index (Phi) is 3.41. The molecule has 1 heterocycles. The van der Waals surface area contributed by atoms with Gasteiger partial charge in [0.25, 0.3) is 5.56 Å². The molecule has 0 unspecified atom stereocenters. The molecular formula is C13H15Cl2N3O. The minimum Gasteiger partial charge on any atom is -0.383 e. The van der Waals surface area contributed by atoms with E-state index in [1.165, 1.54) is 0 Å². The molecular weight excluding hydrogens is 285 g/mol. The van der Waals surface area contributed by atoms with E-state index in [1.807, 2.05) is 20.8 Å². The molecule has 1 aromatic heterocycles. The van der Waals surface area contributed by atoms with Crippen LogP contribution in [0.3, 0.4) is 0 Å². The van der Waals surface area contributed by atoms with Crippen LogP contribution in [-0.4, -0.2) is 9.78 Å². The Morgan fingerprint density at radius 3 is 2.11 bits per heavy atom. The smallest absolute Gasteiger partial charge is 0.274 e. The van der Waals surface area contributed by atoms with Crippen molar-refractivity contribution in [3.05, 3.63) is 38.6 Å². The van der Waals surface area contributed by atoms with Crippen LogP contribution in [0.4, 0.5) is 5.82 Å². The van der Waals surface area contributed by atoms with Crippen LogP contribution in [0.2, 0.25) is 10.0 Å². The highest BCUT2D eigenvalue weighted by molar-refractivity contribution is 6.39. The third-order valence-electron chi connectivity index (χ3n) is 2.82. The summed E-state index contributed by atoms with van der Waals surface area (Å²) in [5.74, 6) is 0.326. The van der Waals surface area contributed by atoms with Crippen LogP contribution in [-0.2, 0) is 5.54 Å². The fourth-order valence-corrected chi connectivity index (χ4v) is 2.54. The van der Waals surface area contributed by atoms with Crippen molar-refractivity contribution in [1.29, 1.82) is 0 Å². The summed E-state index contributed by atoms with van der Waals surface area (Å²) >= 11 is 12.3. The Morgan fingerprint density at radius 2 is 1.68 bits per heavy atom. The molecule has 0 saturated carbocycles. The second-order valence-corrected chi connectivity index (χ2v) is 6.12. The van der Waals surface area contributed by atoms with Crippen LogP contribution < -0.4 is 11.3 Å². The lowest BCUT2D eigenvalue weighted by molar-refractivity contribution is 0.359. The standard InChI is InChI=1S/C13H15Cl2N3O/c1-13(2,3)18-11(16)10(12(19)17-18)9-7(14)5-4-6-8(9)15/h4-6H,16H2,1-3H3,(H,17,19). The highest BCUT2D eigenvalue weighted by atomic mass is 35.5.